The molecule has 2 N–H and O–H groups in total. The molecule has 3 rings (SSSR count). The van der Waals surface area contributed by atoms with E-state index in [-0.39, 0.29) is 11.7 Å². The van der Waals surface area contributed by atoms with Gasteiger partial charge >= 0.3 is 0 Å². The number of phenols is 1. The standard InChI is InChI=1S/C14H12N4O2/c1-9-16-17-13-8-10(6-7-18(9)13)14(20)15-11-4-2-3-5-12(11)19/h2-8,19H,1H3,(H,15,20). The minimum atomic E-state index is -0.311. The number of carbonyl (C=O) groups excluding carboxylic acids is 1. The zero-order valence-corrected chi connectivity index (χ0v) is 10.7. The van der Waals surface area contributed by atoms with Gasteiger partial charge < -0.3 is 10.4 Å². The molecule has 0 saturated carbocycles. The number of aryl methyl sites for hydroxylation is 1. The van der Waals surface area contributed by atoms with E-state index in [2.05, 4.69) is 15.5 Å². The summed E-state index contributed by atoms with van der Waals surface area (Å²) in [6.45, 7) is 1.84. The van der Waals surface area contributed by atoms with Crippen LogP contribution in [-0.4, -0.2) is 25.6 Å². The molecule has 0 spiro atoms. The predicted octanol–water partition coefficient (Wildman–Crippen LogP) is 2.00. The molecule has 0 unspecified atom stereocenters. The Kier molecular flexibility index (Phi) is 2.83. The number of hydrogen-bond acceptors (Lipinski definition) is 4. The van der Waals surface area contributed by atoms with Gasteiger partial charge in [0.05, 0.1) is 5.69 Å². The van der Waals surface area contributed by atoms with E-state index in [0.717, 1.165) is 5.82 Å². The van der Waals surface area contributed by atoms with Gasteiger partial charge in [0.2, 0.25) is 0 Å². The highest BCUT2D eigenvalue weighted by Crippen LogP contribution is 2.22. The molecule has 0 atom stereocenters. The number of pyridine rings is 1. The summed E-state index contributed by atoms with van der Waals surface area (Å²) in [5.74, 6) is 0.475. The van der Waals surface area contributed by atoms with Crippen molar-refractivity contribution in [3.8, 4) is 5.75 Å². The van der Waals surface area contributed by atoms with Crippen LogP contribution in [0, 0.1) is 6.92 Å². The van der Waals surface area contributed by atoms with Crippen LogP contribution >= 0.6 is 0 Å². The van der Waals surface area contributed by atoms with Gasteiger partial charge in [0, 0.05) is 11.8 Å². The van der Waals surface area contributed by atoms with E-state index in [1.165, 1.54) is 6.07 Å². The van der Waals surface area contributed by atoms with Crippen LogP contribution in [0.1, 0.15) is 16.2 Å². The zero-order chi connectivity index (χ0) is 14.1. The lowest BCUT2D eigenvalue weighted by Crippen LogP contribution is -2.12. The Hall–Kier alpha value is -2.89. The second kappa shape index (κ2) is 4.65. The van der Waals surface area contributed by atoms with Crippen LogP contribution in [0.2, 0.25) is 0 Å². The second-order valence-corrected chi connectivity index (χ2v) is 4.36. The van der Waals surface area contributed by atoms with E-state index in [4.69, 9.17) is 0 Å². The maximum Gasteiger partial charge on any atom is 0.255 e. The van der Waals surface area contributed by atoms with Gasteiger partial charge in [-0.05, 0) is 31.2 Å². The molecule has 1 aromatic carbocycles. The largest absolute Gasteiger partial charge is 0.506 e. The Bertz CT molecular complexity index is 795. The van der Waals surface area contributed by atoms with Crippen molar-refractivity contribution in [2.24, 2.45) is 0 Å². The number of nitrogens with one attached hydrogen (secondary N) is 1. The van der Waals surface area contributed by atoms with Gasteiger partial charge in [-0.15, -0.1) is 10.2 Å². The molecule has 0 fully saturated rings. The van der Waals surface area contributed by atoms with E-state index < -0.39 is 0 Å². The molecule has 2 aromatic heterocycles. The van der Waals surface area contributed by atoms with Gasteiger partial charge in [0.15, 0.2) is 5.65 Å². The fourth-order valence-corrected chi connectivity index (χ4v) is 1.93. The lowest BCUT2D eigenvalue weighted by Gasteiger charge is -2.07. The number of anilines is 1. The number of hydrogen-bond donors (Lipinski definition) is 2. The minimum Gasteiger partial charge on any atom is -0.506 e. The first-order valence-corrected chi connectivity index (χ1v) is 6.06. The normalized spacial score (nSPS) is 10.7. The van der Waals surface area contributed by atoms with Crippen LogP contribution in [0.4, 0.5) is 5.69 Å². The summed E-state index contributed by atoms with van der Waals surface area (Å²) in [6, 6.07) is 9.90. The third kappa shape index (κ3) is 2.07. The first-order chi connectivity index (χ1) is 9.65. The highest BCUT2D eigenvalue weighted by atomic mass is 16.3. The number of rotatable bonds is 2. The molecular weight excluding hydrogens is 256 g/mol. The zero-order valence-electron chi connectivity index (χ0n) is 10.7. The van der Waals surface area contributed by atoms with Gasteiger partial charge in [0.25, 0.3) is 5.91 Å². The number of para-hydroxylation sites is 2. The summed E-state index contributed by atoms with van der Waals surface area (Å²) in [4.78, 5) is 12.1. The van der Waals surface area contributed by atoms with Crippen molar-refractivity contribution >= 4 is 17.2 Å². The van der Waals surface area contributed by atoms with E-state index in [1.54, 1.807) is 40.9 Å². The van der Waals surface area contributed by atoms with Gasteiger partial charge in [0.1, 0.15) is 11.6 Å². The van der Waals surface area contributed by atoms with Gasteiger partial charge in [-0.1, -0.05) is 12.1 Å². The third-order valence-electron chi connectivity index (χ3n) is 2.99. The van der Waals surface area contributed by atoms with Crippen molar-refractivity contribution in [1.29, 1.82) is 0 Å². The van der Waals surface area contributed by atoms with Crippen LogP contribution in [0.15, 0.2) is 42.6 Å². The van der Waals surface area contributed by atoms with Crippen LogP contribution in [0.5, 0.6) is 5.75 Å². The van der Waals surface area contributed by atoms with Gasteiger partial charge in [-0.25, -0.2) is 0 Å². The molecule has 1 amide bonds. The predicted molar refractivity (Wildman–Crippen MR) is 73.8 cm³/mol. The highest BCUT2D eigenvalue weighted by molar-refractivity contribution is 6.05. The number of nitrogens with zero attached hydrogens (tertiary/aromatic N) is 3. The van der Waals surface area contributed by atoms with Crippen molar-refractivity contribution in [2.75, 3.05) is 5.32 Å². The molecule has 3 aromatic rings. The van der Waals surface area contributed by atoms with E-state index in [1.807, 2.05) is 6.92 Å². The summed E-state index contributed by atoms with van der Waals surface area (Å²) >= 11 is 0. The Morgan fingerprint density at radius 1 is 1.25 bits per heavy atom. The molecule has 6 nitrogen and oxygen atoms in total. The fraction of sp³-hybridized carbons (Fsp3) is 0.0714. The molecule has 0 aliphatic carbocycles. The quantitative estimate of drug-likeness (QED) is 0.697. The average Bonchev–Trinajstić information content (AvgIpc) is 2.82. The number of amides is 1. The first kappa shape index (κ1) is 12.2. The minimum absolute atomic E-state index is 0.0280. The number of aromatic hydroxyl groups is 1. The topological polar surface area (TPSA) is 79.5 Å². The van der Waals surface area contributed by atoms with Crippen LogP contribution in [0.3, 0.4) is 0 Å². The summed E-state index contributed by atoms with van der Waals surface area (Å²) in [7, 11) is 0. The maximum absolute atomic E-state index is 12.1. The number of fused-ring (bicyclic) bond motifs is 1. The van der Waals surface area contributed by atoms with Crippen molar-refractivity contribution in [1.82, 2.24) is 14.6 Å². The fourth-order valence-electron chi connectivity index (χ4n) is 1.93. The molecule has 0 aliphatic heterocycles. The maximum atomic E-state index is 12.1. The lowest BCUT2D eigenvalue weighted by atomic mass is 10.2. The van der Waals surface area contributed by atoms with Crippen LogP contribution in [0.25, 0.3) is 5.65 Å². The average molecular weight is 268 g/mol. The Morgan fingerprint density at radius 2 is 2.05 bits per heavy atom. The second-order valence-electron chi connectivity index (χ2n) is 4.36. The van der Waals surface area contributed by atoms with Crippen molar-refractivity contribution in [3.05, 3.63) is 54.0 Å². The van der Waals surface area contributed by atoms with Crippen molar-refractivity contribution < 1.29 is 9.90 Å². The molecule has 100 valence electrons. The van der Waals surface area contributed by atoms with Crippen LogP contribution in [-0.2, 0) is 0 Å². The van der Waals surface area contributed by atoms with Crippen LogP contribution < -0.4 is 5.32 Å². The van der Waals surface area contributed by atoms with E-state index >= 15 is 0 Å². The smallest absolute Gasteiger partial charge is 0.255 e. The van der Waals surface area contributed by atoms with E-state index in [0.29, 0.717) is 16.9 Å². The number of benzene rings is 1. The SMILES string of the molecule is Cc1nnc2cc(C(=O)Nc3ccccc3O)ccn12. The molecule has 0 saturated heterocycles. The van der Waals surface area contributed by atoms with Crippen molar-refractivity contribution in [2.45, 2.75) is 6.92 Å². The van der Waals surface area contributed by atoms with Gasteiger partial charge in [-0.3, -0.25) is 9.20 Å². The van der Waals surface area contributed by atoms with Crippen molar-refractivity contribution in [3.63, 3.8) is 0 Å². The number of phenolic OH excluding ortho intramolecular Hbond substituents is 1. The van der Waals surface area contributed by atoms with E-state index in [9.17, 15) is 9.90 Å². The molecule has 0 radical (unpaired) electrons. The lowest BCUT2D eigenvalue weighted by molar-refractivity contribution is 0.102. The number of carbonyl (C=O) groups is 1. The first-order valence-electron chi connectivity index (χ1n) is 6.06. The summed E-state index contributed by atoms with van der Waals surface area (Å²) in [5, 5.41) is 20.2. The molecule has 2 heterocycles. The molecule has 0 aliphatic rings. The Morgan fingerprint density at radius 3 is 2.85 bits per heavy atom. The van der Waals surface area contributed by atoms with Gasteiger partial charge in [-0.2, -0.15) is 0 Å². The molecular formula is C14H12N4O2. The summed E-state index contributed by atoms with van der Waals surface area (Å²) in [5.41, 5.74) is 1.43. The monoisotopic (exact) mass is 268 g/mol. The molecule has 20 heavy (non-hydrogen) atoms. The number of aromatic nitrogens is 3. The molecule has 6 heteroatoms. The molecule has 0 bridgehead atoms. The summed E-state index contributed by atoms with van der Waals surface area (Å²) in [6.07, 6.45) is 1.74. The Balaban J connectivity index is 1.91. The Labute approximate surface area is 114 Å². The summed E-state index contributed by atoms with van der Waals surface area (Å²) < 4.78 is 1.79. The third-order valence-corrected chi connectivity index (χ3v) is 2.99. The highest BCUT2D eigenvalue weighted by Gasteiger charge is 2.10.